The fourth-order valence-corrected chi connectivity index (χ4v) is 6.75. The standard InChI is InChI=1S/C29H22F6N4O3.C9H10F2N2O2/c30-18-7-15(8-19(31)11-18)6-17(9-20(40)12-39-25-14-42-13-23(25)27(38-39)29(33,34)35)26-21(2-1-5-37-26)16-3-4-24(32)22(10-16)28(36)41;1-5(14)2-13-7-4-15-3-6(7)8(12-13)9(10)11/h1-5,7-8,10-11,17H,6,9,12-14H2,(H2,36,41);9H,2-4H2,1H3/t17-;/m1./s1. The summed E-state index contributed by atoms with van der Waals surface area (Å²) in [4.78, 5) is 40.4. The highest BCUT2D eigenvalue weighted by atomic mass is 19.4. The number of alkyl halides is 5. The molecule has 0 aliphatic carbocycles. The van der Waals surface area contributed by atoms with Gasteiger partial charge in [0.15, 0.2) is 17.3 Å². The highest BCUT2D eigenvalue weighted by Gasteiger charge is 2.41. The van der Waals surface area contributed by atoms with Gasteiger partial charge in [-0.15, -0.1) is 0 Å². The lowest BCUT2D eigenvalue weighted by Gasteiger charge is -2.20. The smallest absolute Gasteiger partial charge is 0.370 e. The number of aromatic nitrogens is 5. The first-order chi connectivity index (χ1) is 27.0. The molecule has 0 fully saturated rings. The van der Waals surface area contributed by atoms with Crippen molar-refractivity contribution >= 4 is 17.5 Å². The average molecular weight is 805 g/mol. The summed E-state index contributed by atoms with van der Waals surface area (Å²) in [5.74, 6) is -5.01. The number of nitrogens with two attached hydrogens (primary N) is 1. The Balaban J connectivity index is 0.000000305. The van der Waals surface area contributed by atoms with Gasteiger partial charge in [-0.25, -0.2) is 22.0 Å². The lowest BCUT2D eigenvalue weighted by molar-refractivity contribution is -0.143. The van der Waals surface area contributed by atoms with E-state index >= 15 is 0 Å². The minimum absolute atomic E-state index is 0.0262. The van der Waals surface area contributed by atoms with Gasteiger partial charge >= 0.3 is 6.18 Å². The van der Waals surface area contributed by atoms with Crippen LogP contribution in [-0.4, -0.2) is 42.0 Å². The second-order valence-electron chi connectivity index (χ2n) is 13.3. The van der Waals surface area contributed by atoms with Gasteiger partial charge in [-0.1, -0.05) is 12.1 Å². The summed E-state index contributed by atoms with van der Waals surface area (Å²) < 4.78 is 120. The van der Waals surface area contributed by atoms with Crippen molar-refractivity contribution in [2.75, 3.05) is 0 Å². The van der Waals surface area contributed by atoms with E-state index in [1.54, 1.807) is 12.1 Å². The molecule has 1 amide bonds. The number of ether oxygens (including phenoxy) is 2. The molecule has 0 saturated heterocycles. The molecule has 57 heavy (non-hydrogen) atoms. The summed E-state index contributed by atoms with van der Waals surface area (Å²) in [7, 11) is 0. The Hall–Kier alpha value is -5.82. The molecular weight excluding hydrogens is 772 g/mol. The van der Waals surface area contributed by atoms with Crippen molar-refractivity contribution in [1.29, 1.82) is 0 Å². The summed E-state index contributed by atoms with van der Waals surface area (Å²) in [5.41, 5.74) is 5.80. The topological polar surface area (TPSA) is 144 Å². The molecule has 19 heteroatoms. The van der Waals surface area contributed by atoms with E-state index in [1.165, 1.54) is 29.9 Å². The Morgan fingerprint density at radius 1 is 0.842 bits per heavy atom. The van der Waals surface area contributed by atoms with Gasteiger partial charge in [-0.3, -0.25) is 28.7 Å². The molecule has 1 atom stereocenters. The number of ketones is 2. The van der Waals surface area contributed by atoms with Gasteiger partial charge in [-0.05, 0) is 54.8 Å². The summed E-state index contributed by atoms with van der Waals surface area (Å²) >= 11 is 0. The fraction of sp³-hybridized carbons (Fsp3) is 0.316. The number of pyridine rings is 1. The first-order valence-electron chi connectivity index (χ1n) is 17.2. The minimum atomic E-state index is -4.74. The van der Waals surface area contributed by atoms with Crippen LogP contribution in [0.1, 0.15) is 81.2 Å². The molecule has 2 aliphatic heterocycles. The molecule has 2 N–H and O–H groups in total. The molecule has 0 spiro atoms. The molecular formula is C38H32F8N6O5. The Kier molecular flexibility index (Phi) is 12.0. The summed E-state index contributed by atoms with van der Waals surface area (Å²) in [6.07, 6.45) is -6.31. The van der Waals surface area contributed by atoms with Crippen molar-refractivity contribution < 1.29 is 59.0 Å². The molecule has 3 aromatic heterocycles. The highest BCUT2D eigenvalue weighted by Crippen LogP contribution is 2.37. The van der Waals surface area contributed by atoms with E-state index in [-0.39, 0.29) is 85.4 Å². The lowest BCUT2D eigenvalue weighted by atomic mass is 9.86. The zero-order valence-corrected chi connectivity index (χ0v) is 29.9. The predicted octanol–water partition coefficient (Wildman–Crippen LogP) is 6.94. The molecule has 5 aromatic rings. The number of hydrogen-bond acceptors (Lipinski definition) is 8. The number of primary amides is 1. The van der Waals surface area contributed by atoms with Crippen LogP contribution < -0.4 is 5.73 Å². The number of hydrogen-bond donors (Lipinski definition) is 1. The van der Waals surface area contributed by atoms with Gasteiger partial charge in [-0.2, -0.15) is 23.4 Å². The third-order valence-corrected chi connectivity index (χ3v) is 9.15. The molecule has 0 unspecified atom stereocenters. The van der Waals surface area contributed by atoms with Crippen molar-refractivity contribution in [3.63, 3.8) is 0 Å². The van der Waals surface area contributed by atoms with Crippen molar-refractivity contribution in [3.8, 4) is 11.1 Å². The zero-order valence-electron chi connectivity index (χ0n) is 29.9. The molecule has 0 bridgehead atoms. The number of Topliss-reactive ketones (excluding diaryl/α,β-unsaturated/α-hetero) is 2. The van der Waals surface area contributed by atoms with Crippen molar-refractivity contribution in [3.05, 3.63) is 123 Å². The third-order valence-electron chi connectivity index (χ3n) is 9.15. The van der Waals surface area contributed by atoms with Crippen LogP contribution >= 0.6 is 0 Å². The van der Waals surface area contributed by atoms with Crippen LogP contribution in [0.2, 0.25) is 0 Å². The van der Waals surface area contributed by atoms with E-state index < -0.39 is 59.9 Å². The number of halogens is 8. The zero-order chi connectivity index (χ0) is 41.2. The quantitative estimate of drug-likeness (QED) is 0.134. The third kappa shape index (κ3) is 9.26. The van der Waals surface area contributed by atoms with Gasteiger partial charge in [0.25, 0.3) is 12.3 Å². The van der Waals surface area contributed by atoms with E-state index in [4.69, 9.17) is 15.2 Å². The van der Waals surface area contributed by atoms with Gasteiger partial charge in [0.2, 0.25) is 0 Å². The molecule has 11 nitrogen and oxygen atoms in total. The Labute approximate surface area is 318 Å². The fourth-order valence-electron chi connectivity index (χ4n) is 6.75. The molecule has 300 valence electrons. The van der Waals surface area contributed by atoms with E-state index in [0.717, 1.165) is 22.9 Å². The van der Waals surface area contributed by atoms with Crippen LogP contribution in [-0.2, 0) is 71.2 Å². The number of carbonyl (C=O) groups is 3. The summed E-state index contributed by atoms with van der Waals surface area (Å²) in [6, 6.07) is 9.72. The lowest BCUT2D eigenvalue weighted by Crippen LogP contribution is -2.19. The Morgan fingerprint density at radius 2 is 1.49 bits per heavy atom. The van der Waals surface area contributed by atoms with Crippen LogP contribution in [0, 0.1) is 17.5 Å². The highest BCUT2D eigenvalue weighted by molar-refractivity contribution is 5.94. The number of rotatable bonds is 12. The van der Waals surface area contributed by atoms with E-state index in [1.807, 2.05) is 0 Å². The Morgan fingerprint density at radius 3 is 2.12 bits per heavy atom. The first-order valence-corrected chi connectivity index (χ1v) is 17.2. The van der Waals surface area contributed by atoms with Crippen LogP contribution in [0.3, 0.4) is 0 Å². The largest absolute Gasteiger partial charge is 0.435 e. The number of nitrogens with zero attached hydrogens (tertiary/aromatic N) is 5. The van der Waals surface area contributed by atoms with Gasteiger partial charge in [0, 0.05) is 41.3 Å². The molecule has 0 saturated carbocycles. The van der Waals surface area contributed by atoms with Crippen molar-refractivity contribution in [1.82, 2.24) is 24.5 Å². The number of fused-ring (bicyclic) bond motifs is 2. The van der Waals surface area contributed by atoms with Crippen LogP contribution in [0.25, 0.3) is 11.1 Å². The summed E-state index contributed by atoms with van der Waals surface area (Å²) in [6.45, 7) is 0.892. The molecule has 0 radical (unpaired) electrons. The number of amides is 1. The van der Waals surface area contributed by atoms with Gasteiger partial charge < -0.3 is 15.2 Å². The Bertz CT molecular complexity index is 2320. The normalized spacial score (nSPS) is 13.9. The van der Waals surface area contributed by atoms with Gasteiger partial charge in [0.1, 0.15) is 23.1 Å². The van der Waals surface area contributed by atoms with E-state index in [2.05, 4.69) is 15.2 Å². The maximum absolute atomic E-state index is 14.2. The number of carbonyl (C=O) groups excluding carboxylic acids is 3. The SMILES string of the molecule is CC(=O)Cn1nc(C(F)F)c2c1COC2.NC(=O)c1cc(-c2cccnc2[C@@H](CC(=O)Cn2nc(C(F)(F)F)c3c2COC3)Cc2cc(F)cc(F)c2)ccc1F. The maximum atomic E-state index is 14.2. The van der Waals surface area contributed by atoms with Crippen molar-refractivity contribution in [2.45, 2.75) is 77.8 Å². The monoisotopic (exact) mass is 804 g/mol. The van der Waals surface area contributed by atoms with E-state index in [9.17, 15) is 49.5 Å². The summed E-state index contributed by atoms with van der Waals surface area (Å²) in [5, 5.41) is 7.36. The van der Waals surface area contributed by atoms with Crippen molar-refractivity contribution in [2.24, 2.45) is 5.73 Å². The second-order valence-corrected chi connectivity index (χ2v) is 13.3. The average Bonchev–Trinajstić information content (AvgIpc) is 3.92. The predicted molar refractivity (Wildman–Crippen MR) is 183 cm³/mol. The molecule has 5 heterocycles. The van der Waals surface area contributed by atoms with Crippen LogP contribution in [0.4, 0.5) is 35.1 Å². The first kappa shape index (κ1) is 40.8. The van der Waals surface area contributed by atoms with E-state index in [0.29, 0.717) is 28.5 Å². The van der Waals surface area contributed by atoms with Gasteiger partial charge in [0.05, 0.1) is 62.2 Å². The minimum Gasteiger partial charge on any atom is -0.370 e. The maximum Gasteiger partial charge on any atom is 0.435 e. The molecule has 7 rings (SSSR count). The second kappa shape index (κ2) is 16.7. The molecule has 2 aliphatic rings. The molecule has 2 aromatic carbocycles. The van der Waals surface area contributed by atoms with Crippen LogP contribution in [0.15, 0.2) is 54.7 Å². The number of benzene rings is 2. The van der Waals surface area contributed by atoms with Crippen LogP contribution in [0.5, 0.6) is 0 Å².